The second-order valence-corrected chi connectivity index (χ2v) is 7.34. The van der Waals surface area contributed by atoms with E-state index in [2.05, 4.69) is 11.0 Å². The Morgan fingerprint density at radius 1 is 1.14 bits per heavy atom. The predicted octanol–water partition coefficient (Wildman–Crippen LogP) is 1.52. The molecule has 0 unspecified atom stereocenters. The van der Waals surface area contributed by atoms with Gasteiger partial charge in [-0.2, -0.15) is 9.57 Å². The van der Waals surface area contributed by atoms with E-state index in [9.17, 15) is 8.42 Å². The quantitative estimate of drug-likeness (QED) is 0.846. The molecule has 0 radical (unpaired) electrons. The standard InChI is InChI=1S/C15H21N3O2S/c1-13-4-5-15(12-14(13)2)21(19,20)18-10-8-17(9-11-18)7-3-6-16/h4-5,12H,3,7-11H2,1-2H3. The molecule has 0 bridgehead atoms. The summed E-state index contributed by atoms with van der Waals surface area (Å²) in [6, 6.07) is 7.40. The Hall–Kier alpha value is -1.42. The molecule has 1 fully saturated rings. The van der Waals surface area contributed by atoms with Crippen molar-refractivity contribution in [3.05, 3.63) is 29.3 Å². The van der Waals surface area contributed by atoms with E-state index in [1.54, 1.807) is 16.4 Å². The summed E-state index contributed by atoms with van der Waals surface area (Å²) in [5.41, 5.74) is 2.08. The molecule has 1 saturated heterocycles. The normalized spacial score (nSPS) is 17.6. The lowest BCUT2D eigenvalue weighted by atomic mass is 10.1. The average Bonchev–Trinajstić information content (AvgIpc) is 2.48. The summed E-state index contributed by atoms with van der Waals surface area (Å²) in [7, 11) is -3.40. The number of sulfonamides is 1. The van der Waals surface area contributed by atoms with Gasteiger partial charge in [-0.1, -0.05) is 6.07 Å². The van der Waals surface area contributed by atoms with Gasteiger partial charge in [-0.15, -0.1) is 0 Å². The number of aryl methyl sites for hydroxylation is 2. The number of hydrogen-bond donors (Lipinski definition) is 0. The Bertz CT molecular complexity index is 641. The van der Waals surface area contributed by atoms with Crippen LogP contribution in [0, 0.1) is 25.2 Å². The van der Waals surface area contributed by atoms with E-state index >= 15 is 0 Å². The smallest absolute Gasteiger partial charge is 0.243 e. The van der Waals surface area contributed by atoms with Gasteiger partial charge in [0.25, 0.3) is 0 Å². The van der Waals surface area contributed by atoms with Crippen molar-refractivity contribution in [3.63, 3.8) is 0 Å². The fraction of sp³-hybridized carbons (Fsp3) is 0.533. The van der Waals surface area contributed by atoms with E-state index in [4.69, 9.17) is 5.26 Å². The highest BCUT2D eigenvalue weighted by molar-refractivity contribution is 7.89. The van der Waals surface area contributed by atoms with Crippen LogP contribution in [-0.4, -0.2) is 50.3 Å². The molecular formula is C15H21N3O2S. The van der Waals surface area contributed by atoms with E-state index < -0.39 is 10.0 Å². The molecule has 1 aliphatic heterocycles. The molecule has 1 aromatic rings. The Kier molecular flexibility index (Phi) is 4.99. The van der Waals surface area contributed by atoms with Crippen LogP contribution in [-0.2, 0) is 10.0 Å². The summed E-state index contributed by atoms with van der Waals surface area (Å²) in [6.45, 7) is 6.96. The van der Waals surface area contributed by atoms with Gasteiger partial charge in [0.2, 0.25) is 10.0 Å². The molecule has 0 spiro atoms. The minimum Gasteiger partial charge on any atom is -0.300 e. The van der Waals surface area contributed by atoms with Crippen LogP contribution in [0.3, 0.4) is 0 Å². The molecule has 1 aromatic carbocycles. The number of rotatable bonds is 4. The summed E-state index contributed by atoms with van der Waals surface area (Å²) in [6.07, 6.45) is 0.490. The second kappa shape index (κ2) is 6.56. The summed E-state index contributed by atoms with van der Waals surface area (Å²) >= 11 is 0. The van der Waals surface area contributed by atoms with Crippen LogP contribution in [0.25, 0.3) is 0 Å². The molecule has 6 heteroatoms. The average molecular weight is 307 g/mol. The summed E-state index contributed by atoms with van der Waals surface area (Å²) in [4.78, 5) is 2.51. The zero-order valence-electron chi connectivity index (χ0n) is 12.5. The van der Waals surface area contributed by atoms with Gasteiger partial charge in [0.15, 0.2) is 0 Å². The van der Waals surface area contributed by atoms with Crippen molar-refractivity contribution in [3.8, 4) is 6.07 Å². The molecule has 0 aliphatic carbocycles. The minimum absolute atomic E-state index is 0.371. The highest BCUT2D eigenvalue weighted by atomic mass is 32.2. The van der Waals surface area contributed by atoms with E-state index in [0.29, 0.717) is 44.0 Å². The molecule has 0 N–H and O–H groups in total. The van der Waals surface area contributed by atoms with Crippen molar-refractivity contribution in [2.75, 3.05) is 32.7 Å². The van der Waals surface area contributed by atoms with E-state index in [1.807, 2.05) is 19.9 Å². The van der Waals surface area contributed by atoms with Crippen molar-refractivity contribution in [2.24, 2.45) is 0 Å². The van der Waals surface area contributed by atoms with Gasteiger partial charge >= 0.3 is 0 Å². The largest absolute Gasteiger partial charge is 0.300 e. The van der Waals surface area contributed by atoms with Crippen molar-refractivity contribution in [2.45, 2.75) is 25.2 Å². The van der Waals surface area contributed by atoms with E-state index in [0.717, 1.165) is 11.1 Å². The van der Waals surface area contributed by atoms with Crippen LogP contribution in [0.2, 0.25) is 0 Å². The first-order chi connectivity index (χ1) is 9.95. The van der Waals surface area contributed by atoms with Gasteiger partial charge in [0, 0.05) is 39.1 Å². The van der Waals surface area contributed by atoms with Gasteiger partial charge in [-0.05, 0) is 37.1 Å². The maximum Gasteiger partial charge on any atom is 0.243 e. The van der Waals surface area contributed by atoms with Crippen LogP contribution in [0.1, 0.15) is 17.5 Å². The van der Waals surface area contributed by atoms with Gasteiger partial charge in [0.1, 0.15) is 0 Å². The number of benzene rings is 1. The highest BCUT2D eigenvalue weighted by Gasteiger charge is 2.28. The fourth-order valence-corrected chi connectivity index (χ4v) is 3.93. The molecule has 21 heavy (non-hydrogen) atoms. The van der Waals surface area contributed by atoms with Gasteiger partial charge in [-0.3, -0.25) is 4.90 Å². The Balaban J connectivity index is 2.08. The summed E-state index contributed by atoms with van der Waals surface area (Å²) in [5.74, 6) is 0. The molecular weight excluding hydrogens is 286 g/mol. The zero-order chi connectivity index (χ0) is 15.5. The number of hydrogen-bond acceptors (Lipinski definition) is 4. The van der Waals surface area contributed by atoms with Gasteiger partial charge in [0.05, 0.1) is 11.0 Å². The SMILES string of the molecule is Cc1ccc(S(=O)(=O)N2CCN(CCC#N)CC2)cc1C. The Morgan fingerprint density at radius 3 is 2.38 bits per heavy atom. The predicted molar refractivity (Wildman–Crippen MR) is 81.3 cm³/mol. The van der Waals surface area contributed by atoms with Crippen molar-refractivity contribution in [1.82, 2.24) is 9.21 Å². The lowest BCUT2D eigenvalue weighted by Crippen LogP contribution is -2.48. The third kappa shape index (κ3) is 3.62. The van der Waals surface area contributed by atoms with Crippen molar-refractivity contribution < 1.29 is 8.42 Å². The lowest BCUT2D eigenvalue weighted by Gasteiger charge is -2.33. The monoisotopic (exact) mass is 307 g/mol. The molecule has 0 atom stereocenters. The molecule has 1 heterocycles. The molecule has 2 rings (SSSR count). The highest BCUT2D eigenvalue weighted by Crippen LogP contribution is 2.20. The molecule has 0 saturated carbocycles. The zero-order valence-corrected chi connectivity index (χ0v) is 13.4. The van der Waals surface area contributed by atoms with Gasteiger partial charge in [-0.25, -0.2) is 8.42 Å². The van der Waals surface area contributed by atoms with Crippen LogP contribution in [0.15, 0.2) is 23.1 Å². The molecule has 0 aromatic heterocycles. The third-order valence-corrected chi connectivity index (χ3v) is 5.88. The number of nitrogens with zero attached hydrogens (tertiary/aromatic N) is 3. The topological polar surface area (TPSA) is 64.4 Å². The van der Waals surface area contributed by atoms with Crippen LogP contribution >= 0.6 is 0 Å². The van der Waals surface area contributed by atoms with Crippen molar-refractivity contribution in [1.29, 1.82) is 5.26 Å². The Morgan fingerprint density at radius 2 is 1.81 bits per heavy atom. The van der Waals surface area contributed by atoms with Crippen LogP contribution in [0.4, 0.5) is 0 Å². The molecule has 5 nitrogen and oxygen atoms in total. The maximum absolute atomic E-state index is 12.6. The van der Waals surface area contributed by atoms with E-state index in [1.165, 1.54) is 0 Å². The second-order valence-electron chi connectivity index (χ2n) is 5.40. The maximum atomic E-state index is 12.6. The van der Waals surface area contributed by atoms with Gasteiger partial charge < -0.3 is 0 Å². The molecule has 0 amide bonds. The lowest BCUT2D eigenvalue weighted by molar-refractivity contribution is 0.191. The summed E-state index contributed by atoms with van der Waals surface area (Å²) < 4.78 is 26.8. The fourth-order valence-electron chi connectivity index (χ4n) is 2.43. The van der Waals surface area contributed by atoms with E-state index in [-0.39, 0.29) is 0 Å². The summed E-state index contributed by atoms with van der Waals surface area (Å²) in [5, 5.41) is 8.59. The van der Waals surface area contributed by atoms with Crippen molar-refractivity contribution >= 4 is 10.0 Å². The first-order valence-electron chi connectivity index (χ1n) is 7.12. The van der Waals surface area contributed by atoms with Crippen LogP contribution in [0.5, 0.6) is 0 Å². The third-order valence-electron chi connectivity index (χ3n) is 3.99. The first-order valence-corrected chi connectivity index (χ1v) is 8.56. The number of piperazine rings is 1. The molecule has 1 aliphatic rings. The first kappa shape index (κ1) is 16.0. The molecule has 114 valence electrons. The number of nitriles is 1. The minimum atomic E-state index is -3.40. The Labute approximate surface area is 126 Å². The van der Waals surface area contributed by atoms with Crippen LogP contribution < -0.4 is 0 Å².